The van der Waals surface area contributed by atoms with Crippen molar-refractivity contribution >= 4 is 23.4 Å². The molecule has 0 spiro atoms. The van der Waals surface area contributed by atoms with E-state index >= 15 is 0 Å². The van der Waals surface area contributed by atoms with E-state index < -0.39 is 0 Å². The van der Waals surface area contributed by atoms with Gasteiger partial charge in [0.2, 0.25) is 5.91 Å². The van der Waals surface area contributed by atoms with Crippen molar-refractivity contribution in [2.45, 2.75) is 25.3 Å². The number of hydrogen-bond acceptors (Lipinski definition) is 3. The number of benzene rings is 1. The average Bonchev–Trinajstić information content (AvgIpc) is 3.03. The average molecular weight is 333 g/mol. The molecule has 2 heterocycles. The maximum atomic E-state index is 12.2. The molecule has 23 heavy (non-hydrogen) atoms. The van der Waals surface area contributed by atoms with Crippen molar-refractivity contribution in [2.75, 3.05) is 6.54 Å². The Hall–Kier alpha value is -2.34. The number of hydrogen-bond donors (Lipinski definition) is 2. The monoisotopic (exact) mass is 332 g/mol. The smallest absolute Gasteiger partial charge is 0.254 e. The molecule has 0 radical (unpaired) electrons. The molecule has 1 aromatic carbocycles. The summed E-state index contributed by atoms with van der Waals surface area (Å²) in [6, 6.07) is 7.29. The summed E-state index contributed by atoms with van der Waals surface area (Å²) in [6.45, 7) is 0.418. The van der Waals surface area contributed by atoms with Gasteiger partial charge in [0.25, 0.3) is 5.91 Å². The first-order valence-corrected chi connectivity index (χ1v) is 7.88. The molecule has 0 unspecified atom stereocenters. The lowest BCUT2D eigenvalue weighted by Crippen LogP contribution is -2.46. The van der Waals surface area contributed by atoms with Crippen molar-refractivity contribution in [3.63, 3.8) is 0 Å². The Labute approximate surface area is 138 Å². The summed E-state index contributed by atoms with van der Waals surface area (Å²) < 4.78 is 1.57. The molecule has 2 N–H and O–H groups in total. The Bertz CT molecular complexity index is 728. The summed E-state index contributed by atoms with van der Waals surface area (Å²) in [5.41, 5.74) is 1.17. The third kappa shape index (κ3) is 3.71. The van der Waals surface area contributed by atoms with Crippen molar-refractivity contribution in [3.05, 3.63) is 47.2 Å². The fourth-order valence-electron chi connectivity index (χ4n) is 2.56. The summed E-state index contributed by atoms with van der Waals surface area (Å²) in [4.78, 5) is 23.5. The van der Waals surface area contributed by atoms with Crippen LogP contribution in [0.15, 0.2) is 36.7 Å². The number of nitrogens with one attached hydrogen (secondary N) is 2. The minimum absolute atomic E-state index is 0.00110. The standard InChI is InChI=1S/C16H17ClN4O2/c17-13-5-1-2-6-14(13)21-10-11(8-19-21)16(23)18-9-12-4-3-7-15(22)20-12/h1-2,5-6,8,10,12H,3-4,7,9H2,(H,18,23)(H,20,22)/t12-/m1/s1. The molecule has 1 fully saturated rings. The van der Waals surface area contributed by atoms with Crippen LogP contribution in [0.3, 0.4) is 0 Å². The fourth-order valence-corrected chi connectivity index (χ4v) is 2.78. The second-order valence-corrected chi connectivity index (χ2v) is 5.90. The molecule has 1 atom stereocenters. The number of para-hydroxylation sites is 1. The molecule has 1 aliphatic rings. The van der Waals surface area contributed by atoms with E-state index in [0.717, 1.165) is 12.8 Å². The Morgan fingerprint density at radius 3 is 3.04 bits per heavy atom. The Kier molecular flexibility index (Phi) is 4.62. The van der Waals surface area contributed by atoms with Crippen LogP contribution >= 0.6 is 11.6 Å². The SMILES string of the molecule is O=C1CCC[C@H](CNC(=O)c2cnn(-c3ccccc3Cl)c2)N1. The molecule has 7 heteroatoms. The molecule has 2 amide bonds. The van der Waals surface area contributed by atoms with Gasteiger partial charge < -0.3 is 10.6 Å². The molecule has 1 saturated heterocycles. The highest BCUT2D eigenvalue weighted by Crippen LogP contribution is 2.19. The molecular weight excluding hydrogens is 316 g/mol. The van der Waals surface area contributed by atoms with Crippen molar-refractivity contribution in [1.29, 1.82) is 0 Å². The lowest BCUT2D eigenvalue weighted by atomic mass is 10.0. The zero-order valence-corrected chi connectivity index (χ0v) is 13.2. The quantitative estimate of drug-likeness (QED) is 0.898. The predicted octanol–water partition coefficient (Wildman–Crippen LogP) is 1.92. The van der Waals surface area contributed by atoms with Crippen LogP contribution in [0.5, 0.6) is 0 Å². The molecule has 0 saturated carbocycles. The third-order valence-corrected chi connectivity index (χ3v) is 4.09. The van der Waals surface area contributed by atoms with Gasteiger partial charge >= 0.3 is 0 Å². The first-order valence-electron chi connectivity index (χ1n) is 7.50. The lowest BCUT2D eigenvalue weighted by Gasteiger charge is -2.23. The summed E-state index contributed by atoms with van der Waals surface area (Å²) in [6.07, 6.45) is 5.44. The second-order valence-electron chi connectivity index (χ2n) is 5.49. The zero-order valence-electron chi connectivity index (χ0n) is 12.5. The van der Waals surface area contributed by atoms with Crippen LogP contribution in [-0.4, -0.2) is 34.2 Å². The molecule has 3 rings (SSSR count). The Morgan fingerprint density at radius 1 is 1.43 bits per heavy atom. The van der Waals surface area contributed by atoms with Crippen LogP contribution in [0.2, 0.25) is 5.02 Å². The van der Waals surface area contributed by atoms with Crippen molar-refractivity contribution in [1.82, 2.24) is 20.4 Å². The van der Waals surface area contributed by atoms with E-state index in [9.17, 15) is 9.59 Å². The fraction of sp³-hybridized carbons (Fsp3) is 0.312. The van der Waals surface area contributed by atoms with Crippen LogP contribution in [0.4, 0.5) is 0 Å². The van der Waals surface area contributed by atoms with Gasteiger partial charge in [-0.2, -0.15) is 5.10 Å². The van der Waals surface area contributed by atoms with E-state index in [1.165, 1.54) is 6.20 Å². The summed E-state index contributed by atoms with van der Waals surface area (Å²) >= 11 is 6.12. The normalized spacial score (nSPS) is 17.6. The second kappa shape index (κ2) is 6.83. The van der Waals surface area contributed by atoms with E-state index in [4.69, 9.17) is 11.6 Å². The molecule has 0 aliphatic carbocycles. The van der Waals surface area contributed by atoms with Crippen LogP contribution < -0.4 is 10.6 Å². The van der Waals surface area contributed by atoms with E-state index in [0.29, 0.717) is 29.2 Å². The number of piperidine rings is 1. The van der Waals surface area contributed by atoms with E-state index in [-0.39, 0.29) is 17.9 Å². The molecule has 1 aliphatic heterocycles. The van der Waals surface area contributed by atoms with Crippen LogP contribution in [-0.2, 0) is 4.79 Å². The minimum Gasteiger partial charge on any atom is -0.352 e. The number of halogens is 1. The number of amides is 2. The third-order valence-electron chi connectivity index (χ3n) is 3.77. The van der Waals surface area contributed by atoms with Gasteiger partial charge in [0.05, 0.1) is 22.5 Å². The maximum absolute atomic E-state index is 12.2. The highest BCUT2D eigenvalue weighted by Gasteiger charge is 2.19. The summed E-state index contributed by atoms with van der Waals surface area (Å²) in [5, 5.41) is 10.4. The van der Waals surface area contributed by atoms with Gasteiger partial charge in [0.1, 0.15) is 0 Å². The molecule has 120 valence electrons. The van der Waals surface area contributed by atoms with Gasteiger partial charge in [-0.3, -0.25) is 9.59 Å². The van der Waals surface area contributed by atoms with Gasteiger partial charge in [-0.1, -0.05) is 23.7 Å². The van der Waals surface area contributed by atoms with Gasteiger partial charge in [-0.15, -0.1) is 0 Å². The molecule has 6 nitrogen and oxygen atoms in total. The first kappa shape index (κ1) is 15.6. The molecule has 0 bridgehead atoms. The number of nitrogens with zero attached hydrogens (tertiary/aromatic N) is 2. The van der Waals surface area contributed by atoms with Gasteiger partial charge in [0.15, 0.2) is 0 Å². The largest absolute Gasteiger partial charge is 0.352 e. The number of aromatic nitrogens is 2. The minimum atomic E-state index is -0.219. The Balaban J connectivity index is 1.62. The van der Waals surface area contributed by atoms with E-state index in [2.05, 4.69) is 15.7 Å². The van der Waals surface area contributed by atoms with Crippen molar-refractivity contribution in [2.24, 2.45) is 0 Å². The topological polar surface area (TPSA) is 76.0 Å². The molecule has 1 aromatic heterocycles. The summed E-state index contributed by atoms with van der Waals surface area (Å²) in [7, 11) is 0. The van der Waals surface area contributed by atoms with Crippen LogP contribution in [0, 0.1) is 0 Å². The van der Waals surface area contributed by atoms with Crippen molar-refractivity contribution in [3.8, 4) is 5.69 Å². The number of rotatable bonds is 4. The summed E-state index contributed by atoms with van der Waals surface area (Å²) in [5.74, 6) is -0.176. The van der Waals surface area contributed by atoms with Crippen molar-refractivity contribution < 1.29 is 9.59 Å². The lowest BCUT2D eigenvalue weighted by molar-refractivity contribution is -0.123. The first-order chi connectivity index (χ1) is 11.1. The highest BCUT2D eigenvalue weighted by atomic mass is 35.5. The molecular formula is C16H17ClN4O2. The molecule has 2 aromatic rings. The zero-order chi connectivity index (χ0) is 16.2. The van der Waals surface area contributed by atoms with E-state index in [1.807, 2.05) is 18.2 Å². The predicted molar refractivity (Wildman–Crippen MR) is 86.7 cm³/mol. The number of carbonyl (C=O) groups excluding carboxylic acids is 2. The van der Waals surface area contributed by atoms with Gasteiger partial charge in [-0.25, -0.2) is 4.68 Å². The highest BCUT2D eigenvalue weighted by molar-refractivity contribution is 6.32. The van der Waals surface area contributed by atoms with Gasteiger partial charge in [0, 0.05) is 25.2 Å². The van der Waals surface area contributed by atoms with Crippen LogP contribution in [0.25, 0.3) is 5.69 Å². The Morgan fingerprint density at radius 2 is 2.26 bits per heavy atom. The van der Waals surface area contributed by atoms with Gasteiger partial charge in [-0.05, 0) is 25.0 Å². The van der Waals surface area contributed by atoms with Crippen LogP contribution in [0.1, 0.15) is 29.6 Å². The van der Waals surface area contributed by atoms with E-state index in [1.54, 1.807) is 16.9 Å². The number of carbonyl (C=O) groups is 2. The maximum Gasteiger partial charge on any atom is 0.254 e.